The Bertz CT molecular complexity index is 1080. The first-order chi connectivity index (χ1) is 14.5. The van der Waals surface area contributed by atoms with Crippen LogP contribution in [0.1, 0.15) is 24.5 Å². The molecule has 4 rings (SSSR count). The number of benzene rings is 3. The molecule has 3 aromatic rings. The van der Waals surface area contributed by atoms with Crippen LogP contribution < -0.4 is 9.80 Å². The van der Waals surface area contributed by atoms with Gasteiger partial charge in [-0.1, -0.05) is 43.3 Å². The van der Waals surface area contributed by atoms with Crippen LogP contribution in [0.2, 0.25) is 0 Å². The fourth-order valence-corrected chi connectivity index (χ4v) is 3.91. The smallest absolute Gasteiger partial charge is 0.0464 e. The lowest BCUT2D eigenvalue weighted by Crippen LogP contribution is -2.17. The highest BCUT2D eigenvalue weighted by Gasteiger charge is 2.16. The van der Waals surface area contributed by atoms with Crippen molar-refractivity contribution < 1.29 is 0 Å². The summed E-state index contributed by atoms with van der Waals surface area (Å²) in [4.78, 5) is 4.58. The summed E-state index contributed by atoms with van der Waals surface area (Å²) in [6.45, 7) is 6.54. The Morgan fingerprint density at radius 1 is 0.733 bits per heavy atom. The SMILES string of the molecule is Cc1cccc(N(C)c2ccc(N(C3=CCC(C)C=C3)c3cccc(C)c3)cc2)c1. The van der Waals surface area contributed by atoms with Crippen molar-refractivity contribution in [2.75, 3.05) is 16.8 Å². The van der Waals surface area contributed by atoms with Crippen LogP contribution in [0.4, 0.5) is 22.7 Å². The van der Waals surface area contributed by atoms with E-state index in [-0.39, 0.29) is 0 Å². The van der Waals surface area contributed by atoms with Gasteiger partial charge in [0.1, 0.15) is 0 Å². The summed E-state index contributed by atoms with van der Waals surface area (Å²) in [5, 5.41) is 0. The first-order valence-electron chi connectivity index (χ1n) is 10.7. The van der Waals surface area contributed by atoms with Gasteiger partial charge in [-0.15, -0.1) is 0 Å². The van der Waals surface area contributed by atoms with Gasteiger partial charge in [0.05, 0.1) is 0 Å². The minimum atomic E-state index is 0.596. The topological polar surface area (TPSA) is 6.48 Å². The summed E-state index contributed by atoms with van der Waals surface area (Å²) in [5.41, 5.74) is 8.51. The average molecular weight is 395 g/mol. The maximum absolute atomic E-state index is 2.35. The summed E-state index contributed by atoms with van der Waals surface area (Å²) in [7, 11) is 2.12. The molecular weight excluding hydrogens is 364 g/mol. The molecule has 30 heavy (non-hydrogen) atoms. The van der Waals surface area contributed by atoms with Crippen molar-refractivity contribution in [3.8, 4) is 0 Å². The molecule has 2 nitrogen and oxygen atoms in total. The van der Waals surface area contributed by atoms with Gasteiger partial charge in [-0.3, -0.25) is 0 Å². The molecule has 152 valence electrons. The fraction of sp³-hybridized carbons (Fsp3) is 0.214. The molecule has 0 spiro atoms. The number of hydrogen-bond donors (Lipinski definition) is 0. The summed E-state index contributed by atoms with van der Waals surface area (Å²) in [5.74, 6) is 0.596. The van der Waals surface area contributed by atoms with Gasteiger partial charge in [-0.2, -0.15) is 0 Å². The first-order valence-corrected chi connectivity index (χ1v) is 10.7. The second-order valence-corrected chi connectivity index (χ2v) is 8.29. The number of allylic oxidation sites excluding steroid dienone is 3. The molecule has 0 aliphatic heterocycles. The van der Waals surface area contributed by atoms with Crippen molar-refractivity contribution >= 4 is 22.7 Å². The van der Waals surface area contributed by atoms with Crippen LogP contribution in [-0.2, 0) is 0 Å². The van der Waals surface area contributed by atoms with Gasteiger partial charge in [0.25, 0.3) is 0 Å². The Hall–Kier alpha value is -3.26. The van der Waals surface area contributed by atoms with Crippen molar-refractivity contribution in [3.05, 3.63) is 108 Å². The molecule has 0 saturated heterocycles. The van der Waals surface area contributed by atoms with E-state index in [1.165, 1.54) is 39.6 Å². The molecule has 0 bridgehead atoms. The zero-order valence-electron chi connectivity index (χ0n) is 18.3. The van der Waals surface area contributed by atoms with Crippen molar-refractivity contribution in [1.29, 1.82) is 0 Å². The highest BCUT2D eigenvalue weighted by atomic mass is 15.2. The molecule has 0 fully saturated rings. The highest BCUT2D eigenvalue weighted by Crippen LogP contribution is 2.35. The first kappa shape index (κ1) is 20.0. The van der Waals surface area contributed by atoms with Crippen LogP contribution in [-0.4, -0.2) is 7.05 Å². The summed E-state index contributed by atoms with van der Waals surface area (Å²) in [6, 6.07) is 26.2. The van der Waals surface area contributed by atoms with Gasteiger partial charge < -0.3 is 9.80 Å². The van der Waals surface area contributed by atoms with Gasteiger partial charge in [-0.25, -0.2) is 0 Å². The zero-order chi connectivity index (χ0) is 21.1. The van der Waals surface area contributed by atoms with E-state index in [9.17, 15) is 0 Å². The number of nitrogens with zero attached hydrogens (tertiary/aromatic N) is 2. The summed E-state index contributed by atoms with van der Waals surface area (Å²) in [6.07, 6.45) is 7.98. The van der Waals surface area contributed by atoms with Crippen molar-refractivity contribution in [1.82, 2.24) is 0 Å². The maximum atomic E-state index is 2.35. The summed E-state index contributed by atoms with van der Waals surface area (Å²) < 4.78 is 0. The average Bonchev–Trinajstić information content (AvgIpc) is 2.75. The maximum Gasteiger partial charge on any atom is 0.0464 e. The lowest BCUT2D eigenvalue weighted by atomic mass is 10.0. The number of rotatable bonds is 5. The second kappa shape index (κ2) is 8.62. The molecule has 1 unspecified atom stereocenters. The van der Waals surface area contributed by atoms with Crippen LogP contribution in [0.25, 0.3) is 0 Å². The third kappa shape index (κ3) is 4.33. The molecule has 0 N–H and O–H groups in total. The molecule has 2 heteroatoms. The Balaban J connectivity index is 1.68. The van der Waals surface area contributed by atoms with Gasteiger partial charge in [0, 0.05) is 35.5 Å². The molecule has 0 aromatic heterocycles. The molecule has 0 saturated carbocycles. The van der Waals surface area contributed by atoms with Crippen molar-refractivity contribution in [2.24, 2.45) is 5.92 Å². The fourth-order valence-electron chi connectivity index (χ4n) is 3.91. The largest absolute Gasteiger partial charge is 0.345 e. The van der Waals surface area contributed by atoms with E-state index in [1.54, 1.807) is 0 Å². The van der Waals surface area contributed by atoms with Gasteiger partial charge in [0.15, 0.2) is 0 Å². The molecule has 1 aliphatic carbocycles. The van der Waals surface area contributed by atoms with E-state index in [0.717, 1.165) is 6.42 Å². The van der Waals surface area contributed by atoms with E-state index < -0.39 is 0 Å². The highest BCUT2D eigenvalue weighted by molar-refractivity contribution is 5.73. The van der Waals surface area contributed by atoms with Gasteiger partial charge in [0.2, 0.25) is 0 Å². The van der Waals surface area contributed by atoms with Crippen molar-refractivity contribution in [3.63, 3.8) is 0 Å². The third-order valence-corrected chi connectivity index (χ3v) is 5.70. The Morgan fingerprint density at radius 3 is 1.93 bits per heavy atom. The van der Waals surface area contributed by atoms with E-state index in [4.69, 9.17) is 0 Å². The molecule has 0 radical (unpaired) electrons. The molecule has 0 heterocycles. The van der Waals surface area contributed by atoms with E-state index in [0.29, 0.717) is 5.92 Å². The van der Waals surface area contributed by atoms with E-state index in [2.05, 4.69) is 129 Å². The van der Waals surface area contributed by atoms with Crippen LogP contribution in [0, 0.1) is 19.8 Å². The lowest BCUT2D eigenvalue weighted by molar-refractivity contribution is 0.728. The molecular formula is C28H30N2. The predicted octanol–water partition coefficient (Wildman–Crippen LogP) is 7.69. The minimum Gasteiger partial charge on any atom is -0.345 e. The monoisotopic (exact) mass is 394 g/mol. The third-order valence-electron chi connectivity index (χ3n) is 5.70. The van der Waals surface area contributed by atoms with Gasteiger partial charge in [-0.05, 0) is 91.9 Å². The standard InChI is InChI=1S/C28H30N2/c1-21-11-13-25(14-12-21)30(28-10-6-8-23(3)20-28)26-17-15-24(16-18-26)29(4)27-9-5-7-22(2)19-27/h5-11,13-21H,12H2,1-4H3. The van der Waals surface area contributed by atoms with Crippen LogP contribution in [0.5, 0.6) is 0 Å². The molecule has 3 aromatic carbocycles. The quantitative estimate of drug-likeness (QED) is 0.437. The van der Waals surface area contributed by atoms with E-state index in [1.807, 2.05) is 0 Å². The van der Waals surface area contributed by atoms with Crippen molar-refractivity contribution in [2.45, 2.75) is 27.2 Å². The Kier molecular flexibility index (Phi) is 5.76. The molecule has 1 atom stereocenters. The summed E-state index contributed by atoms with van der Waals surface area (Å²) >= 11 is 0. The normalized spacial score (nSPS) is 15.6. The van der Waals surface area contributed by atoms with Crippen LogP contribution >= 0.6 is 0 Å². The Morgan fingerprint density at radius 2 is 1.33 bits per heavy atom. The number of anilines is 4. The Labute approximate surface area is 180 Å². The number of aryl methyl sites for hydroxylation is 2. The zero-order valence-corrected chi connectivity index (χ0v) is 18.3. The lowest BCUT2D eigenvalue weighted by Gasteiger charge is -2.29. The van der Waals surface area contributed by atoms with E-state index >= 15 is 0 Å². The van der Waals surface area contributed by atoms with Crippen LogP contribution in [0.15, 0.2) is 96.7 Å². The predicted molar refractivity (Wildman–Crippen MR) is 130 cm³/mol. The minimum absolute atomic E-state index is 0.596. The van der Waals surface area contributed by atoms with Gasteiger partial charge >= 0.3 is 0 Å². The second-order valence-electron chi connectivity index (χ2n) is 8.29. The molecule has 0 amide bonds. The van der Waals surface area contributed by atoms with Crippen LogP contribution in [0.3, 0.4) is 0 Å². The molecule has 1 aliphatic rings. The number of hydrogen-bond acceptors (Lipinski definition) is 2.